The monoisotopic (exact) mass is 349 g/mol. The minimum absolute atomic E-state index is 0.0543. The van der Waals surface area contributed by atoms with Gasteiger partial charge >= 0.3 is 0 Å². The van der Waals surface area contributed by atoms with E-state index in [1.54, 1.807) is 13.0 Å². The normalized spacial score (nSPS) is 22.5. The van der Waals surface area contributed by atoms with Gasteiger partial charge in [0.15, 0.2) is 0 Å². The minimum Gasteiger partial charge on any atom is -0.493 e. The van der Waals surface area contributed by atoms with Gasteiger partial charge in [0.05, 0.1) is 17.4 Å². The summed E-state index contributed by atoms with van der Waals surface area (Å²) in [4.78, 5) is 0. The molecule has 1 aromatic carbocycles. The highest BCUT2D eigenvalue weighted by Gasteiger charge is 2.28. The Morgan fingerprint density at radius 1 is 1.36 bits per heavy atom. The van der Waals surface area contributed by atoms with Crippen LogP contribution in [0.3, 0.4) is 0 Å². The molecule has 0 unspecified atom stereocenters. The predicted octanol–water partition coefficient (Wildman–Crippen LogP) is 3.36. The first kappa shape index (κ1) is 17.5. The van der Waals surface area contributed by atoms with Gasteiger partial charge in [-0.3, -0.25) is 0 Å². The lowest BCUT2D eigenvalue weighted by atomic mass is 9.86. The van der Waals surface area contributed by atoms with E-state index in [-0.39, 0.29) is 22.7 Å². The summed E-state index contributed by atoms with van der Waals surface area (Å²) in [6.07, 6.45) is 3.76. The third kappa shape index (κ3) is 4.83. The van der Waals surface area contributed by atoms with Gasteiger partial charge in [0.25, 0.3) is 0 Å². The fraction of sp³-hybridized carbons (Fsp3) is 0.600. The second kappa shape index (κ2) is 7.62. The molecule has 22 heavy (non-hydrogen) atoms. The molecule has 1 N–H and O–H groups in total. The summed E-state index contributed by atoms with van der Waals surface area (Å²) in [5.74, 6) is 0.0452. The quantitative estimate of drug-likeness (QED) is 0.856. The number of rotatable bonds is 6. The molecule has 1 saturated carbocycles. The summed E-state index contributed by atoms with van der Waals surface area (Å²) in [7, 11) is -3.23. The summed E-state index contributed by atoms with van der Waals surface area (Å²) in [6, 6.07) is 4.19. The number of hydrogen-bond donors (Lipinski definition) is 1. The summed E-state index contributed by atoms with van der Waals surface area (Å²) in [6.45, 7) is 1.98. The van der Waals surface area contributed by atoms with E-state index < -0.39 is 15.8 Å². The Bertz CT molecular complexity index is 609. The van der Waals surface area contributed by atoms with Crippen molar-refractivity contribution in [2.75, 3.05) is 12.4 Å². The largest absolute Gasteiger partial charge is 0.493 e. The molecular weight excluding hydrogens is 329 g/mol. The zero-order chi connectivity index (χ0) is 16.2. The highest BCUT2D eigenvalue weighted by molar-refractivity contribution is 7.89. The SMILES string of the molecule is CCS(=O)(=O)N[C@@H]1CCCC[C@H]1COc1ccc(Cl)c(F)c1. The van der Waals surface area contributed by atoms with Crippen LogP contribution in [0.4, 0.5) is 4.39 Å². The fourth-order valence-electron chi connectivity index (χ4n) is 2.65. The molecule has 4 nitrogen and oxygen atoms in total. The maximum absolute atomic E-state index is 13.4. The van der Waals surface area contributed by atoms with Crippen LogP contribution in [0, 0.1) is 11.7 Å². The molecule has 0 spiro atoms. The van der Waals surface area contributed by atoms with Gasteiger partial charge in [0, 0.05) is 18.0 Å². The maximum Gasteiger partial charge on any atom is 0.211 e. The van der Waals surface area contributed by atoms with Crippen molar-refractivity contribution >= 4 is 21.6 Å². The molecule has 0 heterocycles. The Labute approximate surface area is 136 Å². The Morgan fingerprint density at radius 2 is 2.09 bits per heavy atom. The molecule has 7 heteroatoms. The van der Waals surface area contributed by atoms with Gasteiger partial charge in [-0.2, -0.15) is 0 Å². The number of hydrogen-bond acceptors (Lipinski definition) is 3. The second-order valence-electron chi connectivity index (χ2n) is 5.56. The number of nitrogens with one attached hydrogen (secondary N) is 1. The molecule has 0 aromatic heterocycles. The summed E-state index contributed by atoms with van der Waals surface area (Å²) in [5, 5.41) is 0.0543. The van der Waals surface area contributed by atoms with E-state index >= 15 is 0 Å². The zero-order valence-corrected chi connectivity index (χ0v) is 14.1. The molecule has 0 amide bonds. The Kier molecular flexibility index (Phi) is 6.06. The van der Waals surface area contributed by atoms with Crippen molar-refractivity contribution in [2.45, 2.75) is 38.6 Å². The molecule has 0 bridgehead atoms. The van der Waals surface area contributed by atoms with E-state index in [9.17, 15) is 12.8 Å². The van der Waals surface area contributed by atoms with Crippen LogP contribution in [0.15, 0.2) is 18.2 Å². The van der Waals surface area contributed by atoms with Crippen LogP contribution in [0.25, 0.3) is 0 Å². The number of ether oxygens (including phenoxy) is 1. The van der Waals surface area contributed by atoms with E-state index in [0.717, 1.165) is 25.7 Å². The van der Waals surface area contributed by atoms with Crippen molar-refractivity contribution in [1.29, 1.82) is 0 Å². The first-order valence-electron chi connectivity index (χ1n) is 7.49. The van der Waals surface area contributed by atoms with Crippen molar-refractivity contribution < 1.29 is 17.5 Å². The third-order valence-electron chi connectivity index (χ3n) is 3.98. The number of halogens is 2. The lowest BCUT2D eigenvalue weighted by molar-refractivity contribution is 0.180. The van der Waals surface area contributed by atoms with E-state index in [2.05, 4.69) is 4.72 Å². The van der Waals surface area contributed by atoms with Crippen LogP contribution in [-0.4, -0.2) is 26.8 Å². The number of sulfonamides is 1. The first-order valence-corrected chi connectivity index (χ1v) is 9.52. The maximum atomic E-state index is 13.4. The highest BCUT2D eigenvalue weighted by atomic mass is 35.5. The molecule has 1 aromatic rings. The molecule has 1 aliphatic carbocycles. The van der Waals surface area contributed by atoms with Gasteiger partial charge in [-0.25, -0.2) is 17.5 Å². The summed E-state index contributed by atoms with van der Waals surface area (Å²) in [5.41, 5.74) is 0. The molecule has 0 radical (unpaired) electrons. The lowest BCUT2D eigenvalue weighted by Crippen LogP contribution is -2.44. The molecule has 2 rings (SSSR count). The van der Waals surface area contributed by atoms with E-state index in [1.165, 1.54) is 12.1 Å². The standard InChI is InChI=1S/C15H21ClFNO3S/c1-2-22(19,20)18-15-6-4-3-5-11(15)10-21-12-7-8-13(16)14(17)9-12/h7-9,11,15,18H,2-6,10H2,1H3/t11-,15+/m0/s1. The fourth-order valence-corrected chi connectivity index (χ4v) is 3.70. The smallest absolute Gasteiger partial charge is 0.211 e. The van der Waals surface area contributed by atoms with Crippen LogP contribution >= 0.6 is 11.6 Å². The highest BCUT2D eigenvalue weighted by Crippen LogP contribution is 2.27. The Hall–Kier alpha value is -0.850. The molecule has 1 fully saturated rings. The molecule has 0 aliphatic heterocycles. The van der Waals surface area contributed by atoms with Gasteiger partial charge in [-0.1, -0.05) is 24.4 Å². The second-order valence-corrected chi connectivity index (χ2v) is 8.01. The van der Waals surface area contributed by atoms with Crippen LogP contribution in [-0.2, 0) is 10.0 Å². The van der Waals surface area contributed by atoms with Crippen molar-refractivity contribution in [2.24, 2.45) is 5.92 Å². The lowest BCUT2D eigenvalue weighted by Gasteiger charge is -2.31. The summed E-state index contributed by atoms with van der Waals surface area (Å²) < 4.78 is 45.3. The molecule has 0 saturated heterocycles. The third-order valence-corrected chi connectivity index (χ3v) is 5.70. The Morgan fingerprint density at radius 3 is 2.77 bits per heavy atom. The molecule has 2 atom stereocenters. The van der Waals surface area contributed by atoms with Crippen molar-refractivity contribution in [3.8, 4) is 5.75 Å². The van der Waals surface area contributed by atoms with Crippen LogP contribution < -0.4 is 9.46 Å². The number of benzene rings is 1. The van der Waals surface area contributed by atoms with Gasteiger partial charge in [-0.15, -0.1) is 0 Å². The van der Waals surface area contributed by atoms with Crippen LogP contribution in [0.2, 0.25) is 5.02 Å². The van der Waals surface area contributed by atoms with Crippen molar-refractivity contribution in [3.63, 3.8) is 0 Å². The van der Waals surface area contributed by atoms with E-state index in [1.807, 2.05) is 0 Å². The molecule has 124 valence electrons. The average molecular weight is 350 g/mol. The van der Waals surface area contributed by atoms with E-state index in [4.69, 9.17) is 16.3 Å². The minimum atomic E-state index is -3.23. The molecule has 1 aliphatic rings. The van der Waals surface area contributed by atoms with Crippen LogP contribution in [0.1, 0.15) is 32.6 Å². The first-order chi connectivity index (χ1) is 10.4. The predicted molar refractivity (Wildman–Crippen MR) is 85.2 cm³/mol. The topological polar surface area (TPSA) is 55.4 Å². The Balaban J connectivity index is 1.97. The van der Waals surface area contributed by atoms with Crippen molar-refractivity contribution in [1.82, 2.24) is 4.72 Å². The molecular formula is C15H21ClFNO3S. The average Bonchev–Trinajstić information content (AvgIpc) is 2.49. The zero-order valence-electron chi connectivity index (χ0n) is 12.5. The summed E-state index contributed by atoms with van der Waals surface area (Å²) >= 11 is 5.63. The van der Waals surface area contributed by atoms with Gasteiger partial charge in [0.1, 0.15) is 11.6 Å². The van der Waals surface area contributed by atoms with E-state index in [0.29, 0.717) is 12.4 Å². The van der Waals surface area contributed by atoms with Gasteiger partial charge in [0.2, 0.25) is 10.0 Å². The van der Waals surface area contributed by atoms with Crippen molar-refractivity contribution in [3.05, 3.63) is 29.0 Å². The van der Waals surface area contributed by atoms with Gasteiger partial charge in [-0.05, 0) is 31.9 Å². The van der Waals surface area contributed by atoms with Gasteiger partial charge < -0.3 is 4.74 Å². The van der Waals surface area contributed by atoms with Crippen LogP contribution in [0.5, 0.6) is 5.75 Å².